The second kappa shape index (κ2) is 10.9. The van der Waals surface area contributed by atoms with Gasteiger partial charge in [0.2, 0.25) is 0 Å². The number of fused-ring (bicyclic) bond motifs is 6. The van der Waals surface area contributed by atoms with Crippen LogP contribution in [0.15, 0.2) is 127 Å². The number of nitriles is 2. The highest BCUT2D eigenvalue weighted by molar-refractivity contribution is 6.11. The molecule has 222 valence electrons. The van der Waals surface area contributed by atoms with E-state index in [0.29, 0.717) is 33.6 Å². The Hall–Kier alpha value is -6.80. The number of hydrogen-bond acceptors (Lipinski definition) is 2. The molecule has 48 heavy (non-hydrogen) atoms. The summed E-state index contributed by atoms with van der Waals surface area (Å²) in [5.74, 6) is 0. The van der Waals surface area contributed by atoms with Crippen molar-refractivity contribution in [3.05, 3.63) is 162 Å². The number of aromatic nitrogens is 2. The molecule has 4 heteroatoms. The van der Waals surface area contributed by atoms with Crippen LogP contribution >= 0.6 is 0 Å². The second-order valence-corrected chi connectivity index (χ2v) is 12.0. The minimum Gasteiger partial charge on any atom is -0.311 e. The molecule has 8 aromatic rings. The summed E-state index contributed by atoms with van der Waals surface area (Å²) in [5, 5.41) is 26.1. The van der Waals surface area contributed by atoms with E-state index < -0.39 is 0 Å². The van der Waals surface area contributed by atoms with Crippen LogP contribution in [0, 0.1) is 34.8 Å². The average molecular weight is 611 g/mol. The molecule has 0 atom stereocenters. The number of hydrogen-bond donors (Lipinski definition) is 0. The highest BCUT2D eigenvalue weighted by atomic mass is 15.0. The Labute approximate surface area is 278 Å². The van der Waals surface area contributed by atoms with Gasteiger partial charge in [0, 0.05) is 44.1 Å². The van der Waals surface area contributed by atoms with Crippen LogP contribution < -0.4 is 0 Å². The molecule has 4 nitrogen and oxygen atoms in total. The summed E-state index contributed by atoms with van der Waals surface area (Å²) in [4.78, 5) is 0. The van der Waals surface area contributed by atoms with Crippen molar-refractivity contribution in [2.24, 2.45) is 0 Å². The maximum absolute atomic E-state index is 11.4. The molecule has 0 aliphatic heterocycles. The van der Waals surface area contributed by atoms with Crippen molar-refractivity contribution in [3.8, 4) is 45.8 Å². The fourth-order valence-corrected chi connectivity index (χ4v) is 7.63. The summed E-state index contributed by atoms with van der Waals surface area (Å²) in [6.07, 6.45) is 6.11. The van der Waals surface area contributed by atoms with Gasteiger partial charge in [-0.15, -0.1) is 0 Å². The van der Waals surface area contributed by atoms with E-state index >= 15 is 0 Å². The van der Waals surface area contributed by atoms with Crippen LogP contribution in [0.25, 0.3) is 72.4 Å². The van der Waals surface area contributed by atoms with Crippen molar-refractivity contribution >= 4 is 38.8 Å². The van der Waals surface area contributed by atoms with E-state index in [1.807, 2.05) is 78.9 Å². The van der Waals surface area contributed by atoms with E-state index in [4.69, 9.17) is 0 Å². The zero-order chi connectivity index (χ0) is 32.2. The standard InChI is InChI=1S/C44H26N4/c45-27-35-41(29-15-3-1-4-16-29)43(47-37-23-11-7-19-31(37)32-20-8-12-24-38(32)47)36(28-46)42(30-17-5-2-6-18-30)44(35)48-39-25-13-9-21-33(39)34-22-10-14-26-40(34)48/h1-5,7-13,15-17,19-25H,14,26H2. The Bertz CT molecular complexity index is 2620. The molecule has 6 aromatic carbocycles. The van der Waals surface area contributed by atoms with Crippen LogP contribution in [0.3, 0.4) is 0 Å². The molecule has 0 fully saturated rings. The van der Waals surface area contributed by atoms with Gasteiger partial charge < -0.3 is 9.13 Å². The minimum absolute atomic E-state index is 0.475. The first-order chi connectivity index (χ1) is 23.8. The van der Waals surface area contributed by atoms with Crippen LogP contribution in [-0.4, -0.2) is 9.13 Å². The van der Waals surface area contributed by atoms with Crippen LogP contribution in [-0.2, 0) is 6.42 Å². The van der Waals surface area contributed by atoms with Crippen molar-refractivity contribution in [1.82, 2.24) is 9.13 Å². The summed E-state index contributed by atoms with van der Waals surface area (Å²) in [7, 11) is 0. The van der Waals surface area contributed by atoms with Gasteiger partial charge in [0.05, 0.1) is 39.1 Å². The predicted octanol–water partition coefficient (Wildman–Crippen LogP) is 10.4. The number of para-hydroxylation sites is 3. The van der Waals surface area contributed by atoms with Crippen LogP contribution in [0.5, 0.6) is 0 Å². The third-order valence-corrected chi connectivity index (χ3v) is 9.53. The molecule has 2 aromatic heterocycles. The molecular weight excluding hydrogens is 585 g/mol. The zero-order valence-corrected chi connectivity index (χ0v) is 25.9. The molecule has 0 unspecified atom stereocenters. The third-order valence-electron chi connectivity index (χ3n) is 9.53. The van der Waals surface area contributed by atoms with Gasteiger partial charge in [0.1, 0.15) is 12.1 Å². The number of allylic oxidation sites excluding steroid dienone is 1. The number of nitrogens with zero attached hydrogens (tertiary/aromatic N) is 4. The summed E-state index contributed by atoms with van der Waals surface area (Å²) in [6, 6.07) is 52.5. The highest BCUT2D eigenvalue weighted by Gasteiger charge is 2.32. The lowest BCUT2D eigenvalue weighted by Gasteiger charge is -2.25. The Morgan fingerprint density at radius 1 is 0.583 bits per heavy atom. The Kier molecular flexibility index (Phi) is 6.26. The second-order valence-electron chi connectivity index (χ2n) is 12.0. The van der Waals surface area contributed by atoms with Crippen LogP contribution in [0.1, 0.15) is 28.8 Å². The molecule has 0 radical (unpaired) electrons. The normalized spacial score (nSPS) is 12.1. The molecule has 0 saturated heterocycles. The molecule has 0 amide bonds. The summed E-state index contributed by atoms with van der Waals surface area (Å²) < 4.78 is 4.42. The topological polar surface area (TPSA) is 57.4 Å². The summed E-state index contributed by atoms with van der Waals surface area (Å²) >= 11 is 0. The smallest absolute Gasteiger partial charge is 0.102 e. The molecule has 0 saturated carbocycles. The highest BCUT2D eigenvalue weighted by Crippen LogP contribution is 2.48. The Balaban J connectivity index is 1.58. The first-order valence-corrected chi connectivity index (χ1v) is 16.1. The SMILES string of the molecule is N#Cc1c(-c2ccccc2)c(-n2c3ccccc3c3ccccc32)c(C#N)c(-c2c#cccc2)c1-n1c2c(c3ccccc31)C=CCC2. The quantitative estimate of drug-likeness (QED) is 0.199. The largest absolute Gasteiger partial charge is 0.311 e. The van der Waals surface area contributed by atoms with Crippen LogP contribution in [0.2, 0.25) is 0 Å². The molecule has 9 rings (SSSR count). The lowest BCUT2D eigenvalue weighted by Crippen LogP contribution is -2.13. The van der Waals surface area contributed by atoms with Crippen molar-refractivity contribution in [3.63, 3.8) is 0 Å². The predicted molar refractivity (Wildman–Crippen MR) is 193 cm³/mol. The fraction of sp³-hybridized carbons (Fsp3) is 0.0455. The molecule has 0 spiro atoms. The molecule has 1 aliphatic rings. The molecular formula is C44H26N4. The van der Waals surface area contributed by atoms with Crippen LogP contribution in [0.4, 0.5) is 0 Å². The molecule has 0 N–H and O–H groups in total. The maximum atomic E-state index is 11.4. The van der Waals surface area contributed by atoms with Gasteiger partial charge in [-0.1, -0.05) is 115 Å². The van der Waals surface area contributed by atoms with E-state index in [2.05, 4.69) is 88.0 Å². The monoisotopic (exact) mass is 610 g/mol. The molecule has 0 bridgehead atoms. The fourth-order valence-electron chi connectivity index (χ4n) is 7.63. The van der Waals surface area contributed by atoms with Gasteiger partial charge in [0.25, 0.3) is 0 Å². The first kappa shape index (κ1) is 27.5. The number of rotatable bonds is 4. The maximum Gasteiger partial charge on any atom is 0.102 e. The van der Waals surface area contributed by atoms with E-state index in [1.54, 1.807) is 0 Å². The van der Waals surface area contributed by atoms with Gasteiger partial charge in [-0.2, -0.15) is 10.5 Å². The minimum atomic E-state index is 0.475. The lowest BCUT2D eigenvalue weighted by atomic mass is 9.86. The van der Waals surface area contributed by atoms with Gasteiger partial charge in [-0.25, -0.2) is 0 Å². The van der Waals surface area contributed by atoms with Crippen molar-refractivity contribution in [2.45, 2.75) is 12.8 Å². The first-order valence-electron chi connectivity index (χ1n) is 16.1. The van der Waals surface area contributed by atoms with Gasteiger partial charge in [0.15, 0.2) is 0 Å². The van der Waals surface area contributed by atoms with E-state index in [9.17, 15) is 10.5 Å². The van der Waals surface area contributed by atoms with E-state index in [1.165, 1.54) is 0 Å². The van der Waals surface area contributed by atoms with Crippen molar-refractivity contribution < 1.29 is 0 Å². The summed E-state index contributed by atoms with van der Waals surface area (Å²) in [6.45, 7) is 0. The molecule has 2 heterocycles. The van der Waals surface area contributed by atoms with Gasteiger partial charge in [-0.3, -0.25) is 0 Å². The zero-order valence-electron chi connectivity index (χ0n) is 25.9. The van der Waals surface area contributed by atoms with Crippen molar-refractivity contribution in [1.29, 1.82) is 10.5 Å². The molecule has 1 aliphatic carbocycles. The average Bonchev–Trinajstić information content (AvgIpc) is 3.67. The van der Waals surface area contributed by atoms with E-state index in [-0.39, 0.29) is 0 Å². The Morgan fingerprint density at radius 2 is 1.17 bits per heavy atom. The Morgan fingerprint density at radius 3 is 1.81 bits per heavy atom. The lowest BCUT2D eigenvalue weighted by molar-refractivity contribution is 0.887. The van der Waals surface area contributed by atoms with E-state index in [0.717, 1.165) is 67.9 Å². The van der Waals surface area contributed by atoms with Crippen molar-refractivity contribution in [2.75, 3.05) is 0 Å². The van der Waals surface area contributed by atoms with Gasteiger partial charge >= 0.3 is 0 Å². The summed E-state index contributed by atoms with van der Waals surface area (Å²) in [5.41, 5.74) is 10.5. The van der Waals surface area contributed by atoms with Gasteiger partial charge in [-0.05, 0) is 48.7 Å². The number of benzene rings is 5. The third kappa shape index (κ3) is 3.89.